The second kappa shape index (κ2) is 9.68. The van der Waals surface area contributed by atoms with Crippen LogP contribution in [0.2, 0.25) is 0 Å². The van der Waals surface area contributed by atoms with Crippen molar-refractivity contribution in [1.29, 1.82) is 0 Å². The van der Waals surface area contributed by atoms with Gasteiger partial charge in [-0.15, -0.1) is 0 Å². The summed E-state index contributed by atoms with van der Waals surface area (Å²) in [6.45, 7) is 2.53. The SMILES string of the molecule is CCCCCCCCCN1C(CO)C(O)C(O)C1CO. The van der Waals surface area contributed by atoms with E-state index in [1.54, 1.807) is 0 Å². The molecule has 0 aromatic rings. The predicted octanol–water partition coefficient (Wildman–Crippen LogP) is 0.496. The van der Waals surface area contributed by atoms with Crippen molar-refractivity contribution in [2.24, 2.45) is 0 Å². The lowest BCUT2D eigenvalue weighted by Crippen LogP contribution is -2.43. The van der Waals surface area contributed by atoms with Crippen LogP contribution in [-0.4, -0.2) is 69.4 Å². The molecule has 4 N–H and O–H groups in total. The molecule has 0 amide bonds. The van der Waals surface area contributed by atoms with Crippen LogP contribution in [0, 0.1) is 0 Å². The molecule has 1 fully saturated rings. The van der Waals surface area contributed by atoms with E-state index in [2.05, 4.69) is 6.92 Å². The van der Waals surface area contributed by atoms with Crippen molar-refractivity contribution in [3.8, 4) is 0 Å². The van der Waals surface area contributed by atoms with Crippen LogP contribution in [0.4, 0.5) is 0 Å². The van der Waals surface area contributed by atoms with Gasteiger partial charge in [0, 0.05) is 0 Å². The van der Waals surface area contributed by atoms with E-state index in [0.717, 1.165) is 12.8 Å². The van der Waals surface area contributed by atoms with Crippen LogP contribution < -0.4 is 0 Å². The topological polar surface area (TPSA) is 84.2 Å². The lowest BCUT2D eigenvalue weighted by atomic mass is 10.1. The number of likely N-dealkylation sites (tertiary alicyclic amines) is 1. The molecule has 20 heavy (non-hydrogen) atoms. The number of rotatable bonds is 10. The largest absolute Gasteiger partial charge is 0.395 e. The average molecular weight is 289 g/mol. The van der Waals surface area contributed by atoms with E-state index in [1.807, 2.05) is 4.90 Å². The Hall–Kier alpha value is -0.200. The maximum absolute atomic E-state index is 9.87. The molecule has 1 heterocycles. The van der Waals surface area contributed by atoms with Gasteiger partial charge in [-0.05, 0) is 13.0 Å². The van der Waals surface area contributed by atoms with Gasteiger partial charge in [-0.25, -0.2) is 0 Å². The Morgan fingerprint density at radius 2 is 1.20 bits per heavy atom. The number of hydrogen-bond acceptors (Lipinski definition) is 5. The van der Waals surface area contributed by atoms with Crippen molar-refractivity contribution in [3.63, 3.8) is 0 Å². The molecule has 4 atom stereocenters. The van der Waals surface area contributed by atoms with E-state index >= 15 is 0 Å². The lowest BCUT2D eigenvalue weighted by Gasteiger charge is -2.28. The van der Waals surface area contributed by atoms with E-state index in [4.69, 9.17) is 0 Å². The third kappa shape index (κ3) is 4.67. The van der Waals surface area contributed by atoms with E-state index in [1.165, 1.54) is 32.1 Å². The molecule has 1 saturated heterocycles. The van der Waals surface area contributed by atoms with Gasteiger partial charge in [0.15, 0.2) is 0 Å². The quantitative estimate of drug-likeness (QED) is 0.440. The highest BCUT2D eigenvalue weighted by molar-refractivity contribution is 5.00. The summed E-state index contributed by atoms with van der Waals surface area (Å²) in [5.74, 6) is 0. The van der Waals surface area contributed by atoms with Gasteiger partial charge in [-0.1, -0.05) is 45.4 Å². The Labute approximate surface area is 122 Å². The molecular formula is C15H31NO4. The minimum atomic E-state index is -0.971. The van der Waals surface area contributed by atoms with Gasteiger partial charge in [0.25, 0.3) is 0 Å². The second-order valence-corrected chi connectivity index (χ2v) is 5.84. The van der Waals surface area contributed by atoms with Crippen LogP contribution in [0.15, 0.2) is 0 Å². The normalized spacial score (nSPS) is 31.1. The van der Waals surface area contributed by atoms with Crippen LogP contribution in [0.25, 0.3) is 0 Å². The highest BCUT2D eigenvalue weighted by atomic mass is 16.3. The van der Waals surface area contributed by atoms with Gasteiger partial charge in [-0.2, -0.15) is 0 Å². The fraction of sp³-hybridized carbons (Fsp3) is 1.00. The van der Waals surface area contributed by atoms with Gasteiger partial charge >= 0.3 is 0 Å². The van der Waals surface area contributed by atoms with E-state index in [-0.39, 0.29) is 13.2 Å². The molecule has 120 valence electrons. The smallest absolute Gasteiger partial charge is 0.0992 e. The molecule has 0 aliphatic carbocycles. The van der Waals surface area contributed by atoms with Gasteiger partial charge in [0.05, 0.1) is 37.5 Å². The Bertz CT molecular complexity index is 236. The van der Waals surface area contributed by atoms with Crippen molar-refractivity contribution in [1.82, 2.24) is 4.90 Å². The Balaban J connectivity index is 2.29. The lowest BCUT2D eigenvalue weighted by molar-refractivity contribution is 0.0130. The first-order valence-electron chi connectivity index (χ1n) is 8.01. The first kappa shape index (κ1) is 17.9. The van der Waals surface area contributed by atoms with Gasteiger partial charge < -0.3 is 20.4 Å². The minimum Gasteiger partial charge on any atom is -0.395 e. The van der Waals surface area contributed by atoms with Crippen molar-refractivity contribution < 1.29 is 20.4 Å². The Morgan fingerprint density at radius 3 is 1.65 bits per heavy atom. The first-order valence-corrected chi connectivity index (χ1v) is 8.01. The van der Waals surface area contributed by atoms with Crippen molar-refractivity contribution in [3.05, 3.63) is 0 Å². The highest BCUT2D eigenvalue weighted by Crippen LogP contribution is 2.25. The number of aliphatic hydroxyl groups is 4. The van der Waals surface area contributed by atoms with Crippen LogP contribution in [0.5, 0.6) is 0 Å². The zero-order chi connectivity index (χ0) is 15.0. The number of aliphatic hydroxyl groups excluding tert-OH is 4. The van der Waals surface area contributed by atoms with Gasteiger partial charge in [-0.3, -0.25) is 4.90 Å². The Morgan fingerprint density at radius 1 is 0.750 bits per heavy atom. The first-order chi connectivity index (χ1) is 9.67. The molecule has 0 bridgehead atoms. The van der Waals surface area contributed by atoms with Crippen LogP contribution in [0.1, 0.15) is 51.9 Å². The summed E-state index contributed by atoms with van der Waals surface area (Å²) < 4.78 is 0. The fourth-order valence-corrected chi connectivity index (χ4v) is 3.10. The molecule has 0 aromatic carbocycles. The summed E-state index contributed by atoms with van der Waals surface area (Å²) in [6, 6.07) is -0.913. The van der Waals surface area contributed by atoms with Crippen molar-refractivity contribution >= 4 is 0 Å². The molecule has 1 aliphatic heterocycles. The standard InChI is InChI=1S/C15H31NO4/c1-2-3-4-5-6-7-8-9-16-12(10-17)14(19)15(20)13(16)11-18/h12-15,17-20H,2-11H2,1H3. The fourth-order valence-electron chi connectivity index (χ4n) is 3.10. The monoisotopic (exact) mass is 289 g/mol. The summed E-state index contributed by atoms with van der Waals surface area (Å²) in [5.41, 5.74) is 0. The summed E-state index contributed by atoms with van der Waals surface area (Å²) in [5, 5.41) is 38.4. The molecular weight excluding hydrogens is 258 g/mol. The number of nitrogens with zero attached hydrogens (tertiary/aromatic N) is 1. The van der Waals surface area contributed by atoms with E-state index in [0.29, 0.717) is 6.54 Å². The van der Waals surface area contributed by atoms with Crippen LogP contribution in [0.3, 0.4) is 0 Å². The molecule has 0 aromatic heterocycles. The third-order valence-corrected chi connectivity index (χ3v) is 4.38. The molecule has 0 saturated carbocycles. The van der Waals surface area contributed by atoms with Crippen LogP contribution in [-0.2, 0) is 0 Å². The third-order valence-electron chi connectivity index (χ3n) is 4.38. The summed E-state index contributed by atoms with van der Waals surface area (Å²) in [6.07, 6.45) is 6.43. The zero-order valence-electron chi connectivity index (χ0n) is 12.6. The maximum atomic E-state index is 9.87. The summed E-state index contributed by atoms with van der Waals surface area (Å²) in [7, 11) is 0. The second-order valence-electron chi connectivity index (χ2n) is 5.84. The predicted molar refractivity (Wildman–Crippen MR) is 78.5 cm³/mol. The summed E-state index contributed by atoms with van der Waals surface area (Å²) in [4.78, 5) is 1.86. The van der Waals surface area contributed by atoms with Crippen molar-refractivity contribution in [2.75, 3.05) is 19.8 Å². The van der Waals surface area contributed by atoms with E-state index in [9.17, 15) is 20.4 Å². The maximum Gasteiger partial charge on any atom is 0.0992 e. The van der Waals surface area contributed by atoms with Crippen LogP contribution >= 0.6 is 0 Å². The van der Waals surface area contributed by atoms with Gasteiger partial charge in [0.1, 0.15) is 0 Å². The molecule has 4 unspecified atom stereocenters. The minimum absolute atomic E-state index is 0.189. The number of hydrogen-bond donors (Lipinski definition) is 4. The molecule has 5 nitrogen and oxygen atoms in total. The van der Waals surface area contributed by atoms with E-state index < -0.39 is 24.3 Å². The summed E-state index contributed by atoms with van der Waals surface area (Å²) >= 11 is 0. The molecule has 0 radical (unpaired) electrons. The molecule has 0 spiro atoms. The average Bonchev–Trinajstić information content (AvgIpc) is 2.69. The molecule has 5 heteroatoms. The molecule has 1 aliphatic rings. The van der Waals surface area contributed by atoms with Crippen molar-refractivity contribution in [2.45, 2.75) is 76.2 Å². The Kier molecular flexibility index (Phi) is 8.64. The molecule has 1 rings (SSSR count). The van der Waals surface area contributed by atoms with Gasteiger partial charge in [0.2, 0.25) is 0 Å². The highest BCUT2D eigenvalue weighted by Gasteiger charge is 2.46. The zero-order valence-corrected chi connectivity index (χ0v) is 12.6. The number of unbranched alkanes of at least 4 members (excludes halogenated alkanes) is 6.